The summed E-state index contributed by atoms with van der Waals surface area (Å²) in [6.45, 7) is 8.74. The van der Waals surface area contributed by atoms with Gasteiger partial charge < -0.3 is 9.84 Å². The molecule has 120 valence electrons. The van der Waals surface area contributed by atoms with Crippen molar-refractivity contribution in [1.82, 2.24) is 0 Å². The van der Waals surface area contributed by atoms with Crippen LogP contribution in [0.5, 0.6) is 11.5 Å². The Labute approximate surface area is 134 Å². The fourth-order valence-electron chi connectivity index (χ4n) is 4.13. The van der Waals surface area contributed by atoms with Crippen molar-refractivity contribution in [2.75, 3.05) is 0 Å². The maximum atomic E-state index is 10.6. The van der Waals surface area contributed by atoms with E-state index in [2.05, 4.69) is 39.8 Å². The number of aromatic hydroxyl groups is 1. The molecule has 1 aromatic carbocycles. The minimum atomic E-state index is -0.204. The largest absolute Gasteiger partial charge is 0.508 e. The summed E-state index contributed by atoms with van der Waals surface area (Å²) in [5.41, 5.74) is 3.42. The number of phenolic OH excluding ortho intramolecular Hbond substituents is 1. The van der Waals surface area contributed by atoms with Gasteiger partial charge in [0.15, 0.2) is 0 Å². The van der Waals surface area contributed by atoms with Gasteiger partial charge in [0.2, 0.25) is 0 Å². The quantitative estimate of drug-likeness (QED) is 0.600. The van der Waals surface area contributed by atoms with Crippen molar-refractivity contribution < 1.29 is 9.84 Å². The van der Waals surface area contributed by atoms with Crippen LogP contribution in [-0.4, -0.2) is 10.7 Å². The van der Waals surface area contributed by atoms with Crippen LogP contribution in [0.1, 0.15) is 70.4 Å². The molecule has 1 aliphatic carbocycles. The van der Waals surface area contributed by atoms with Gasteiger partial charge in [0.05, 0.1) is 0 Å². The SMILES string of the molecule is CCCCCc1cc(O)c2c(c1)OC(C)(C)[C@@H]1C=C(C)C[C@@H]21. The zero-order chi connectivity index (χ0) is 15.9. The number of phenols is 1. The predicted octanol–water partition coefficient (Wildman–Crippen LogP) is 5.35. The fourth-order valence-corrected chi connectivity index (χ4v) is 4.13. The molecule has 3 rings (SSSR count). The molecule has 2 atom stereocenters. The van der Waals surface area contributed by atoms with Crippen LogP contribution in [0.4, 0.5) is 0 Å². The molecule has 0 fully saturated rings. The lowest BCUT2D eigenvalue weighted by Crippen LogP contribution is -2.42. The number of fused-ring (bicyclic) bond motifs is 3. The Morgan fingerprint density at radius 3 is 2.77 bits per heavy atom. The second-order valence-corrected chi connectivity index (χ2v) is 7.54. The molecule has 0 aromatic heterocycles. The fraction of sp³-hybridized carbons (Fsp3) is 0.600. The molecule has 0 saturated heterocycles. The Bertz CT molecular complexity index is 598. The summed E-state index contributed by atoms with van der Waals surface area (Å²) in [5, 5.41) is 10.6. The van der Waals surface area contributed by atoms with E-state index in [-0.39, 0.29) is 5.60 Å². The van der Waals surface area contributed by atoms with Crippen LogP contribution in [-0.2, 0) is 6.42 Å². The van der Waals surface area contributed by atoms with Crippen molar-refractivity contribution >= 4 is 0 Å². The zero-order valence-electron chi connectivity index (χ0n) is 14.3. The highest BCUT2D eigenvalue weighted by Gasteiger charge is 2.46. The van der Waals surface area contributed by atoms with Gasteiger partial charge >= 0.3 is 0 Å². The molecule has 0 radical (unpaired) electrons. The summed E-state index contributed by atoms with van der Waals surface area (Å²) in [7, 11) is 0. The standard InChI is InChI=1S/C20H28O2/c1-5-6-7-8-14-11-17(21)19-15-9-13(2)10-16(15)20(3,4)22-18(19)12-14/h10-12,15-16,21H,5-9H2,1-4H3/t15-,16-/m1/s1. The molecular weight excluding hydrogens is 272 g/mol. The van der Waals surface area contributed by atoms with Gasteiger partial charge in [0.1, 0.15) is 17.1 Å². The lowest BCUT2D eigenvalue weighted by molar-refractivity contribution is 0.0362. The van der Waals surface area contributed by atoms with E-state index < -0.39 is 0 Å². The Balaban J connectivity index is 1.95. The summed E-state index contributed by atoms with van der Waals surface area (Å²) in [6, 6.07) is 4.12. The first-order valence-electron chi connectivity index (χ1n) is 8.64. The van der Waals surface area contributed by atoms with Crippen LogP contribution in [0, 0.1) is 5.92 Å². The van der Waals surface area contributed by atoms with E-state index >= 15 is 0 Å². The van der Waals surface area contributed by atoms with Gasteiger partial charge in [-0.05, 0) is 57.7 Å². The molecule has 1 aromatic rings. The van der Waals surface area contributed by atoms with Gasteiger partial charge in [-0.1, -0.05) is 31.4 Å². The van der Waals surface area contributed by atoms with E-state index in [9.17, 15) is 5.11 Å². The van der Waals surface area contributed by atoms with Crippen LogP contribution >= 0.6 is 0 Å². The Morgan fingerprint density at radius 1 is 1.27 bits per heavy atom. The summed E-state index contributed by atoms with van der Waals surface area (Å²) >= 11 is 0. The third-order valence-corrected chi connectivity index (χ3v) is 5.24. The van der Waals surface area contributed by atoms with E-state index in [1.54, 1.807) is 0 Å². The lowest BCUT2D eigenvalue weighted by atomic mass is 9.75. The van der Waals surface area contributed by atoms with E-state index in [1.807, 2.05) is 6.07 Å². The Morgan fingerprint density at radius 2 is 2.05 bits per heavy atom. The van der Waals surface area contributed by atoms with Crippen LogP contribution in [0.15, 0.2) is 23.8 Å². The van der Waals surface area contributed by atoms with Crippen molar-refractivity contribution in [3.63, 3.8) is 0 Å². The first kappa shape index (κ1) is 15.5. The maximum absolute atomic E-state index is 10.6. The van der Waals surface area contributed by atoms with Gasteiger partial charge in [0, 0.05) is 17.4 Å². The highest BCUT2D eigenvalue weighted by Crippen LogP contribution is 2.54. The van der Waals surface area contributed by atoms with Crippen molar-refractivity contribution in [2.24, 2.45) is 5.92 Å². The van der Waals surface area contributed by atoms with Gasteiger partial charge in [0.25, 0.3) is 0 Å². The molecule has 0 bridgehead atoms. The lowest BCUT2D eigenvalue weighted by Gasteiger charge is -2.42. The van der Waals surface area contributed by atoms with E-state index in [0.717, 1.165) is 24.2 Å². The molecule has 0 spiro atoms. The molecule has 2 heteroatoms. The summed E-state index contributed by atoms with van der Waals surface area (Å²) in [5.74, 6) is 2.05. The summed E-state index contributed by atoms with van der Waals surface area (Å²) in [4.78, 5) is 0. The smallest absolute Gasteiger partial charge is 0.127 e. The van der Waals surface area contributed by atoms with Gasteiger partial charge in [-0.15, -0.1) is 0 Å². The average Bonchev–Trinajstić information content (AvgIpc) is 2.80. The number of hydrogen-bond donors (Lipinski definition) is 1. The molecule has 2 nitrogen and oxygen atoms in total. The molecular formula is C20H28O2. The Hall–Kier alpha value is -1.44. The zero-order valence-corrected chi connectivity index (χ0v) is 14.3. The number of ether oxygens (including phenoxy) is 1. The van der Waals surface area contributed by atoms with E-state index in [0.29, 0.717) is 17.6 Å². The minimum absolute atomic E-state index is 0.204. The molecule has 2 aliphatic rings. The predicted molar refractivity (Wildman–Crippen MR) is 90.6 cm³/mol. The monoisotopic (exact) mass is 300 g/mol. The molecule has 22 heavy (non-hydrogen) atoms. The van der Waals surface area contributed by atoms with E-state index in [4.69, 9.17) is 4.74 Å². The summed E-state index contributed by atoms with van der Waals surface area (Å²) in [6.07, 6.45) is 8.01. The number of benzene rings is 1. The minimum Gasteiger partial charge on any atom is -0.508 e. The van der Waals surface area contributed by atoms with Gasteiger partial charge in [-0.3, -0.25) is 0 Å². The van der Waals surface area contributed by atoms with Crippen LogP contribution in [0.2, 0.25) is 0 Å². The van der Waals surface area contributed by atoms with Crippen LogP contribution < -0.4 is 4.74 Å². The van der Waals surface area contributed by atoms with Crippen LogP contribution in [0.3, 0.4) is 0 Å². The van der Waals surface area contributed by atoms with Gasteiger partial charge in [-0.25, -0.2) is 0 Å². The molecule has 1 N–H and O–H groups in total. The molecule has 0 unspecified atom stereocenters. The topological polar surface area (TPSA) is 29.5 Å². The van der Waals surface area contributed by atoms with Crippen LogP contribution in [0.25, 0.3) is 0 Å². The van der Waals surface area contributed by atoms with Crippen molar-refractivity contribution in [2.45, 2.75) is 71.3 Å². The number of rotatable bonds is 4. The first-order chi connectivity index (χ1) is 10.4. The number of hydrogen-bond acceptors (Lipinski definition) is 2. The van der Waals surface area contributed by atoms with Crippen molar-refractivity contribution in [1.29, 1.82) is 0 Å². The maximum Gasteiger partial charge on any atom is 0.127 e. The summed E-state index contributed by atoms with van der Waals surface area (Å²) < 4.78 is 6.30. The van der Waals surface area contributed by atoms with Gasteiger partial charge in [-0.2, -0.15) is 0 Å². The second-order valence-electron chi connectivity index (χ2n) is 7.54. The number of allylic oxidation sites excluding steroid dienone is 1. The highest BCUT2D eigenvalue weighted by atomic mass is 16.5. The van der Waals surface area contributed by atoms with Crippen molar-refractivity contribution in [3.05, 3.63) is 34.9 Å². The first-order valence-corrected chi connectivity index (χ1v) is 8.64. The van der Waals surface area contributed by atoms with Crippen molar-refractivity contribution in [3.8, 4) is 11.5 Å². The third kappa shape index (κ3) is 2.64. The normalized spacial score (nSPS) is 25.2. The highest BCUT2D eigenvalue weighted by molar-refractivity contribution is 5.53. The molecule has 0 saturated carbocycles. The second kappa shape index (κ2) is 5.64. The Kier molecular flexibility index (Phi) is 3.96. The number of unbranched alkanes of at least 4 members (excludes halogenated alkanes) is 2. The average molecular weight is 300 g/mol. The third-order valence-electron chi connectivity index (χ3n) is 5.24. The molecule has 0 amide bonds. The molecule has 1 heterocycles. The van der Waals surface area contributed by atoms with E-state index in [1.165, 1.54) is 30.4 Å². The number of aryl methyl sites for hydroxylation is 1. The molecule has 1 aliphatic heterocycles.